The van der Waals surface area contributed by atoms with Gasteiger partial charge >= 0.3 is 0 Å². The quantitative estimate of drug-likeness (QED) is 0.903. The maximum absolute atomic E-state index is 12.6. The predicted molar refractivity (Wildman–Crippen MR) is 83.1 cm³/mol. The van der Waals surface area contributed by atoms with Gasteiger partial charge in [0.1, 0.15) is 0 Å². The summed E-state index contributed by atoms with van der Waals surface area (Å²) in [6.45, 7) is 0.610. The molecule has 4 heteroatoms. The van der Waals surface area contributed by atoms with Crippen LogP contribution in [-0.2, 0) is 16.8 Å². The lowest BCUT2D eigenvalue weighted by Gasteiger charge is -2.40. The van der Waals surface area contributed by atoms with Gasteiger partial charge in [0.25, 0.3) is 0 Å². The third-order valence-corrected chi connectivity index (χ3v) is 5.13. The molecule has 0 bridgehead atoms. The summed E-state index contributed by atoms with van der Waals surface area (Å²) >= 11 is 7.73. The van der Waals surface area contributed by atoms with Crippen LogP contribution in [0.5, 0.6) is 0 Å². The zero-order chi connectivity index (χ0) is 14.0. The summed E-state index contributed by atoms with van der Waals surface area (Å²) in [5.74, 6) is 0.124. The molecular weight excluding hydrogens is 290 g/mol. The number of nitrogens with one attached hydrogen (secondary N) is 1. The Morgan fingerprint density at radius 2 is 2.15 bits per heavy atom. The monoisotopic (exact) mass is 305 g/mol. The van der Waals surface area contributed by atoms with E-state index in [1.54, 1.807) is 11.3 Å². The molecule has 1 heterocycles. The lowest BCUT2D eigenvalue weighted by Crippen LogP contribution is -2.48. The van der Waals surface area contributed by atoms with Crippen molar-refractivity contribution in [2.24, 2.45) is 0 Å². The van der Waals surface area contributed by atoms with Gasteiger partial charge in [0.15, 0.2) is 0 Å². The molecule has 1 aromatic heterocycles. The lowest BCUT2D eigenvalue weighted by molar-refractivity contribution is -0.130. The number of halogens is 1. The highest BCUT2D eigenvalue weighted by atomic mass is 35.5. The highest BCUT2D eigenvalue weighted by Gasteiger charge is 2.45. The maximum Gasteiger partial charge on any atom is 0.230 e. The van der Waals surface area contributed by atoms with Crippen molar-refractivity contribution in [3.63, 3.8) is 0 Å². The molecule has 0 unspecified atom stereocenters. The van der Waals surface area contributed by atoms with Crippen molar-refractivity contribution in [1.82, 2.24) is 5.32 Å². The molecule has 2 nitrogen and oxygen atoms in total. The van der Waals surface area contributed by atoms with Gasteiger partial charge < -0.3 is 5.32 Å². The van der Waals surface area contributed by atoms with Crippen LogP contribution in [0.25, 0.3) is 0 Å². The minimum atomic E-state index is -0.373. The maximum atomic E-state index is 12.6. The van der Waals surface area contributed by atoms with Crippen LogP contribution in [0, 0.1) is 0 Å². The molecule has 104 valence electrons. The fourth-order valence-corrected chi connectivity index (χ4v) is 3.55. The van der Waals surface area contributed by atoms with Crippen molar-refractivity contribution in [1.29, 1.82) is 0 Å². The molecule has 0 atom stereocenters. The number of amides is 1. The first-order valence-electron chi connectivity index (χ1n) is 6.77. The molecule has 1 fully saturated rings. The zero-order valence-corrected chi connectivity index (χ0v) is 12.6. The van der Waals surface area contributed by atoms with Gasteiger partial charge in [-0.2, -0.15) is 0 Å². The van der Waals surface area contributed by atoms with Crippen molar-refractivity contribution < 1.29 is 4.79 Å². The van der Waals surface area contributed by atoms with Crippen LogP contribution >= 0.6 is 22.9 Å². The fourth-order valence-electron chi connectivity index (χ4n) is 2.71. The van der Waals surface area contributed by atoms with E-state index in [9.17, 15) is 4.79 Å². The van der Waals surface area contributed by atoms with Crippen LogP contribution < -0.4 is 5.32 Å². The molecule has 0 aliphatic heterocycles. The number of rotatable bonds is 4. The van der Waals surface area contributed by atoms with Crippen molar-refractivity contribution in [2.75, 3.05) is 0 Å². The van der Waals surface area contributed by atoms with Crippen molar-refractivity contribution >= 4 is 28.8 Å². The highest BCUT2D eigenvalue weighted by Crippen LogP contribution is 2.44. The van der Waals surface area contributed by atoms with E-state index < -0.39 is 0 Å². The van der Waals surface area contributed by atoms with Gasteiger partial charge in [0.05, 0.1) is 12.0 Å². The van der Waals surface area contributed by atoms with E-state index in [1.165, 1.54) is 4.88 Å². The molecule has 3 rings (SSSR count). The third kappa shape index (κ3) is 2.48. The Labute approximate surface area is 127 Å². The van der Waals surface area contributed by atoms with Crippen molar-refractivity contribution in [3.8, 4) is 0 Å². The Morgan fingerprint density at radius 3 is 2.75 bits per heavy atom. The second-order valence-electron chi connectivity index (χ2n) is 5.21. The molecule has 0 radical (unpaired) electrons. The summed E-state index contributed by atoms with van der Waals surface area (Å²) in [6, 6.07) is 11.7. The average Bonchev–Trinajstić information content (AvgIpc) is 2.88. The number of benzene rings is 1. The van der Waals surface area contributed by atoms with E-state index >= 15 is 0 Å². The molecule has 1 N–H and O–H groups in total. The number of hydrogen-bond acceptors (Lipinski definition) is 2. The summed E-state index contributed by atoms with van der Waals surface area (Å²) in [5.41, 5.74) is 0.669. The molecule has 1 amide bonds. The van der Waals surface area contributed by atoms with Crippen LogP contribution in [0.3, 0.4) is 0 Å². The third-order valence-electron chi connectivity index (χ3n) is 4.02. The van der Waals surface area contributed by atoms with Gasteiger partial charge in [0, 0.05) is 9.90 Å². The smallest absolute Gasteiger partial charge is 0.230 e. The van der Waals surface area contributed by atoms with Crippen LogP contribution in [0.15, 0.2) is 41.8 Å². The first-order valence-corrected chi connectivity index (χ1v) is 8.03. The first-order chi connectivity index (χ1) is 9.71. The van der Waals surface area contributed by atoms with E-state index in [0.29, 0.717) is 11.6 Å². The van der Waals surface area contributed by atoms with Gasteiger partial charge in [0.2, 0.25) is 5.91 Å². The Hall–Kier alpha value is -1.32. The van der Waals surface area contributed by atoms with Crippen LogP contribution in [0.2, 0.25) is 5.02 Å². The van der Waals surface area contributed by atoms with Gasteiger partial charge in [-0.15, -0.1) is 11.3 Å². The van der Waals surface area contributed by atoms with Crippen LogP contribution in [0.4, 0.5) is 0 Å². The summed E-state index contributed by atoms with van der Waals surface area (Å²) in [7, 11) is 0. The standard InChI is InChI=1S/C16H16ClNOS/c17-13-5-1-4-12(10-13)16(7-3-8-16)15(19)18-11-14-6-2-9-20-14/h1-2,4-6,9-10H,3,7-8,11H2,(H,18,19). The molecule has 0 saturated heterocycles. The van der Waals surface area contributed by atoms with Gasteiger partial charge in [-0.1, -0.05) is 36.2 Å². The van der Waals surface area contributed by atoms with Gasteiger partial charge in [-0.3, -0.25) is 4.79 Å². The second kappa shape index (κ2) is 5.58. The molecule has 2 aromatic rings. The van der Waals surface area contributed by atoms with E-state index in [2.05, 4.69) is 5.32 Å². The Kier molecular flexibility index (Phi) is 3.81. The lowest BCUT2D eigenvalue weighted by atomic mass is 9.64. The molecule has 0 spiro atoms. The van der Waals surface area contributed by atoms with Crippen LogP contribution in [-0.4, -0.2) is 5.91 Å². The molecule has 20 heavy (non-hydrogen) atoms. The van der Waals surface area contributed by atoms with E-state index in [1.807, 2.05) is 41.8 Å². The first kappa shape index (κ1) is 13.7. The number of thiophene rings is 1. The SMILES string of the molecule is O=C(NCc1cccs1)C1(c2cccc(Cl)c2)CCC1. The molecule has 1 aliphatic rings. The second-order valence-corrected chi connectivity index (χ2v) is 6.68. The molecule has 1 aliphatic carbocycles. The number of carbonyl (C=O) groups is 1. The minimum Gasteiger partial charge on any atom is -0.350 e. The van der Waals surface area contributed by atoms with Gasteiger partial charge in [-0.05, 0) is 42.0 Å². The predicted octanol–water partition coefficient (Wildman–Crippen LogP) is 4.14. The normalized spacial score (nSPS) is 16.4. The largest absolute Gasteiger partial charge is 0.350 e. The number of carbonyl (C=O) groups excluding carboxylic acids is 1. The highest BCUT2D eigenvalue weighted by molar-refractivity contribution is 7.09. The fraction of sp³-hybridized carbons (Fsp3) is 0.312. The zero-order valence-electron chi connectivity index (χ0n) is 11.1. The molecular formula is C16H16ClNOS. The van der Waals surface area contributed by atoms with E-state index in [-0.39, 0.29) is 11.3 Å². The number of hydrogen-bond donors (Lipinski definition) is 1. The molecule has 1 saturated carbocycles. The summed E-state index contributed by atoms with van der Waals surface area (Å²) in [5, 5.41) is 5.79. The summed E-state index contributed by atoms with van der Waals surface area (Å²) < 4.78 is 0. The van der Waals surface area contributed by atoms with Gasteiger partial charge in [-0.25, -0.2) is 0 Å². The average molecular weight is 306 g/mol. The summed E-state index contributed by atoms with van der Waals surface area (Å²) in [6.07, 6.45) is 2.91. The Bertz CT molecular complexity index is 605. The van der Waals surface area contributed by atoms with Crippen molar-refractivity contribution in [3.05, 3.63) is 57.2 Å². The molecule has 1 aromatic carbocycles. The van der Waals surface area contributed by atoms with E-state index in [0.717, 1.165) is 24.8 Å². The summed E-state index contributed by atoms with van der Waals surface area (Å²) in [4.78, 5) is 13.8. The van der Waals surface area contributed by atoms with E-state index in [4.69, 9.17) is 11.6 Å². The van der Waals surface area contributed by atoms with Crippen molar-refractivity contribution in [2.45, 2.75) is 31.2 Å². The Morgan fingerprint density at radius 1 is 1.30 bits per heavy atom. The Balaban J connectivity index is 1.76. The van der Waals surface area contributed by atoms with Crippen LogP contribution in [0.1, 0.15) is 29.7 Å². The topological polar surface area (TPSA) is 29.1 Å². The minimum absolute atomic E-state index is 0.124.